The van der Waals surface area contributed by atoms with E-state index in [-0.39, 0.29) is 0 Å². The van der Waals surface area contributed by atoms with Gasteiger partial charge >= 0.3 is 0 Å². The second-order valence-electron chi connectivity index (χ2n) is 4.11. The topological polar surface area (TPSA) is 94.9 Å². The first-order chi connectivity index (χ1) is 7.49. The molecule has 7 heteroatoms. The summed E-state index contributed by atoms with van der Waals surface area (Å²) in [5.74, 6) is 0.392. The van der Waals surface area contributed by atoms with Crippen LogP contribution in [0.4, 0.5) is 0 Å². The molecule has 88 valence electrons. The van der Waals surface area contributed by atoms with E-state index in [4.69, 9.17) is 11.5 Å². The first-order valence-corrected chi connectivity index (χ1v) is 6.71. The van der Waals surface area contributed by atoms with Crippen molar-refractivity contribution in [3.8, 4) is 0 Å². The van der Waals surface area contributed by atoms with E-state index in [1.807, 2.05) is 6.92 Å². The van der Waals surface area contributed by atoms with Gasteiger partial charge in [0.05, 0.1) is 5.54 Å². The largest absolute Gasteiger partial charge is 0.368 e. The Morgan fingerprint density at radius 2 is 2.44 bits per heavy atom. The summed E-state index contributed by atoms with van der Waals surface area (Å²) in [5.41, 5.74) is 10.4. The van der Waals surface area contributed by atoms with Crippen LogP contribution in [0.1, 0.15) is 25.1 Å². The Kier molecular flexibility index (Phi) is 3.18. The van der Waals surface area contributed by atoms with E-state index in [1.54, 1.807) is 11.8 Å². The summed E-state index contributed by atoms with van der Waals surface area (Å²) in [6.45, 7) is 1.87. The molecule has 1 saturated carbocycles. The lowest BCUT2D eigenvalue weighted by Gasteiger charge is -2.18. The highest BCUT2D eigenvalue weighted by molar-refractivity contribution is 8.01. The highest BCUT2D eigenvalue weighted by atomic mass is 32.2. The Labute approximate surface area is 102 Å². The molecule has 2 rings (SSSR count). The molecule has 0 aliphatic heterocycles. The number of rotatable bonds is 3. The molecular weight excluding hydrogens is 244 g/mol. The number of aromatic nitrogens is 2. The van der Waals surface area contributed by atoms with Crippen LogP contribution in [0.15, 0.2) is 4.34 Å². The number of nitrogens with two attached hydrogens (primary N) is 2. The average Bonchev–Trinajstić information content (AvgIpc) is 2.75. The summed E-state index contributed by atoms with van der Waals surface area (Å²) in [4.78, 5) is 15.5. The number of carbonyl (C=O) groups excluding carboxylic acids is 1. The summed E-state index contributed by atoms with van der Waals surface area (Å²) in [7, 11) is 0. The lowest BCUT2D eigenvalue weighted by Crippen LogP contribution is -2.50. The second-order valence-corrected chi connectivity index (χ2v) is 6.41. The molecule has 4 N–H and O–H groups in total. The monoisotopic (exact) mass is 258 g/mol. The molecule has 1 amide bonds. The maximum Gasteiger partial charge on any atom is 0.237 e. The summed E-state index contributed by atoms with van der Waals surface area (Å²) in [6, 6.07) is 0. The van der Waals surface area contributed by atoms with E-state index in [0.717, 1.165) is 16.6 Å². The summed E-state index contributed by atoms with van der Waals surface area (Å²) in [5, 5.41) is 0.324. The van der Waals surface area contributed by atoms with Crippen LogP contribution in [0.5, 0.6) is 0 Å². The molecule has 2 atom stereocenters. The summed E-state index contributed by atoms with van der Waals surface area (Å²) in [6.07, 6.45) is 2.20. The van der Waals surface area contributed by atoms with Gasteiger partial charge in [-0.2, -0.15) is 4.37 Å². The second kappa shape index (κ2) is 4.31. The van der Waals surface area contributed by atoms with Crippen LogP contribution in [0.3, 0.4) is 0 Å². The van der Waals surface area contributed by atoms with Crippen LogP contribution in [-0.2, 0) is 4.79 Å². The Bertz CT molecular complexity index is 408. The van der Waals surface area contributed by atoms with Gasteiger partial charge in [-0.1, -0.05) is 11.8 Å². The molecule has 0 radical (unpaired) electrons. The van der Waals surface area contributed by atoms with E-state index in [2.05, 4.69) is 9.36 Å². The lowest BCUT2D eigenvalue weighted by molar-refractivity contribution is -0.122. The molecule has 2 unspecified atom stereocenters. The lowest BCUT2D eigenvalue weighted by atomic mass is 9.99. The van der Waals surface area contributed by atoms with Gasteiger partial charge in [0.1, 0.15) is 5.82 Å². The number of hydrogen-bond acceptors (Lipinski definition) is 6. The number of carbonyl (C=O) groups is 1. The maximum atomic E-state index is 11.2. The maximum absolute atomic E-state index is 11.2. The number of nitrogens with zero attached hydrogens (tertiary/aromatic N) is 2. The molecule has 1 aliphatic carbocycles. The first-order valence-electron chi connectivity index (χ1n) is 5.05. The molecule has 1 fully saturated rings. The number of primary amides is 1. The summed E-state index contributed by atoms with van der Waals surface area (Å²) < 4.78 is 5.06. The van der Waals surface area contributed by atoms with Gasteiger partial charge in [-0.15, -0.1) is 0 Å². The van der Waals surface area contributed by atoms with Crippen molar-refractivity contribution in [2.45, 2.75) is 41.3 Å². The van der Waals surface area contributed by atoms with Gasteiger partial charge in [0.25, 0.3) is 0 Å². The van der Waals surface area contributed by atoms with Crippen molar-refractivity contribution in [1.82, 2.24) is 9.36 Å². The highest BCUT2D eigenvalue weighted by Crippen LogP contribution is 2.39. The van der Waals surface area contributed by atoms with Crippen LogP contribution in [0, 0.1) is 6.92 Å². The zero-order chi connectivity index (χ0) is 11.8. The SMILES string of the molecule is Cc1nsc(SC2CCC(N)(C(N)=O)C2)n1. The van der Waals surface area contributed by atoms with Crippen molar-refractivity contribution in [3.05, 3.63) is 5.82 Å². The molecule has 16 heavy (non-hydrogen) atoms. The Morgan fingerprint density at radius 1 is 1.69 bits per heavy atom. The van der Waals surface area contributed by atoms with Gasteiger partial charge in [-0.25, -0.2) is 4.98 Å². The highest BCUT2D eigenvalue weighted by Gasteiger charge is 2.41. The molecule has 1 aromatic heterocycles. The third kappa shape index (κ3) is 2.36. The third-order valence-corrected chi connectivity index (χ3v) is 4.92. The average molecular weight is 258 g/mol. The van der Waals surface area contributed by atoms with Gasteiger partial charge in [-0.3, -0.25) is 4.79 Å². The van der Waals surface area contributed by atoms with Crippen molar-refractivity contribution in [3.63, 3.8) is 0 Å². The van der Waals surface area contributed by atoms with Crippen LogP contribution < -0.4 is 11.5 Å². The number of aryl methyl sites for hydroxylation is 1. The van der Waals surface area contributed by atoms with Crippen molar-refractivity contribution in [2.75, 3.05) is 0 Å². The molecule has 0 aromatic carbocycles. The summed E-state index contributed by atoms with van der Waals surface area (Å²) >= 11 is 3.04. The standard InChI is InChI=1S/C9H14N4OS2/c1-5-12-8(16-13-5)15-6-2-3-9(11,4-6)7(10)14/h6H,2-4,11H2,1H3,(H2,10,14). The predicted molar refractivity (Wildman–Crippen MR) is 64.3 cm³/mol. The van der Waals surface area contributed by atoms with Crippen LogP contribution >= 0.6 is 23.3 Å². The molecule has 0 spiro atoms. The Morgan fingerprint density at radius 3 is 2.94 bits per heavy atom. The zero-order valence-electron chi connectivity index (χ0n) is 8.97. The van der Waals surface area contributed by atoms with Crippen molar-refractivity contribution in [2.24, 2.45) is 11.5 Å². The predicted octanol–water partition coefficient (Wildman–Crippen LogP) is 0.674. The fourth-order valence-corrected chi connectivity index (χ4v) is 4.02. The van der Waals surface area contributed by atoms with Crippen LogP contribution in [-0.4, -0.2) is 26.1 Å². The van der Waals surface area contributed by atoms with Crippen molar-refractivity contribution in [1.29, 1.82) is 0 Å². The number of amides is 1. The zero-order valence-corrected chi connectivity index (χ0v) is 10.6. The third-order valence-electron chi connectivity index (χ3n) is 2.77. The van der Waals surface area contributed by atoms with Gasteiger partial charge in [-0.05, 0) is 37.7 Å². The number of thioether (sulfide) groups is 1. The van der Waals surface area contributed by atoms with E-state index < -0.39 is 11.4 Å². The van der Waals surface area contributed by atoms with Crippen molar-refractivity contribution < 1.29 is 4.79 Å². The number of hydrogen-bond donors (Lipinski definition) is 2. The van der Waals surface area contributed by atoms with Crippen LogP contribution in [0.25, 0.3) is 0 Å². The first kappa shape index (κ1) is 11.8. The quantitative estimate of drug-likeness (QED) is 0.831. The molecule has 0 bridgehead atoms. The van der Waals surface area contributed by atoms with Gasteiger partial charge in [0, 0.05) is 5.25 Å². The van der Waals surface area contributed by atoms with Gasteiger partial charge in [0.15, 0.2) is 4.34 Å². The molecule has 1 aliphatic rings. The van der Waals surface area contributed by atoms with Crippen LogP contribution in [0.2, 0.25) is 0 Å². The smallest absolute Gasteiger partial charge is 0.237 e. The molecule has 0 saturated heterocycles. The molecule has 5 nitrogen and oxygen atoms in total. The van der Waals surface area contributed by atoms with Gasteiger partial charge in [0.2, 0.25) is 5.91 Å². The Hall–Kier alpha value is -0.660. The fraction of sp³-hybridized carbons (Fsp3) is 0.667. The van der Waals surface area contributed by atoms with E-state index >= 15 is 0 Å². The molecule has 1 heterocycles. The Balaban J connectivity index is 1.97. The van der Waals surface area contributed by atoms with E-state index in [0.29, 0.717) is 18.1 Å². The normalized spacial score (nSPS) is 29.5. The molecular formula is C9H14N4OS2. The molecule has 1 aromatic rings. The minimum atomic E-state index is -0.822. The minimum absolute atomic E-state index is 0.324. The van der Waals surface area contributed by atoms with Crippen molar-refractivity contribution >= 4 is 29.2 Å². The van der Waals surface area contributed by atoms with E-state index in [9.17, 15) is 4.79 Å². The van der Waals surface area contributed by atoms with E-state index in [1.165, 1.54) is 11.5 Å². The minimum Gasteiger partial charge on any atom is -0.368 e. The fourth-order valence-electron chi connectivity index (χ4n) is 1.82. The van der Waals surface area contributed by atoms with Gasteiger partial charge < -0.3 is 11.5 Å².